The van der Waals surface area contributed by atoms with Crippen LogP contribution in [0.15, 0.2) is 58.4 Å². The lowest BCUT2D eigenvalue weighted by Crippen LogP contribution is -2.16. The molecule has 3 aromatic rings. The second kappa shape index (κ2) is 7.83. The van der Waals surface area contributed by atoms with Gasteiger partial charge in [0.25, 0.3) is 5.56 Å². The van der Waals surface area contributed by atoms with E-state index in [1.807, 2.05) is 6.07 Å². The van der Waals surface area contributed by atoms with Crippen molar-refractivity contribution in [2.75, 3.05) is 5.43 Å². The minimum atomic E-state index is -0.559. The van der Waals surface area contributed by atoms with E-state index in [4.69, 9.17) is 23.2 Å². The van der Waals surface area contributed by atoms with Gasteiger partial charge in [-0.25, -0.2) is 10.4 Å². The van der Waals surface area contributed by atoms with Gasteiger partial charge in [-0.3, -0.25) is 9.78 Å². The Bertz CT molecular complexity index is 1050. The number of hydrogen-bond donors (Lipinski definition) is 2. The van der Waals surface area contributed by atoms with Gasteiger partial charge in [0.1, 0.15) is 11.6 Å². The molecule has 2 aromatic carbocycles. The fraction of sp³-hybridized carbons (Fsp3) is 0. The third-order valence-electron chi connectivity index (χ3n) is 3.40. The van der Waals surface area contributed by atoms with Crippen LogP contribution in [-0.2, 0) is 0 Å². The number of nitrogens with zero attached hydrogens (tertiary/aromatic N) is 3. The Labute approximate surface area is 158 Å². The van der Waals surface area contributed by atoms with Crippen LogP contribution in [0.5, 0.6) is 0 Å². The predicted octanol–water partition coefficient (Wildman–Crippen LogP) is 4.06. The maximum Gasteiger partial charge on any atom is 0.270 e. The smallest absolute Gasteiger partial charge is 0.270 e. The number of halogens is 2. The van der Waals surface area contributed by atoms with Crippen molar-refractivity contribution in [3.63, 3.8) is 0 Å². The van der Waals surface area contributed by atoms with E-state index in [2.05, 4.69) is 20.5 Å². The number of hydrogen-bond acceptors (Lipinski definition) is 5. The van der Waals surface area contributed by atoms with Gasteiger partial charge >= 0.3 is 0 Å². The highest BCUT2D eigenvalue weighted by Gasteiger charge is 2.13. The van der Waals surface area contributed by atoms with Gasteiger partial charge in [-0.2, -0.15) is 10.4 Å². The maximum absolute atomic E-state index is 12.2. The van der Waals surface area contributed by atoms with E-state index < -0.39 is 5.56 Å². The molecule has 0 fully saturated rings. The minimum Gasteiger partial charge on any atom is -0.290 e. The molecule has 1 heterocycles. The first kappa shape index (κ1) is 17.7. The first-order valence-electron chi connectivity index (χ1n) is 7.42. The molecular weight excluding hydrogens is 373 g/mol. The van der Waals surface area contributed by atoms with Crippen molar-refractivity contribution in [2.24, 2.45) is 5.10 Å². The molecule has 26 heavy (non-hydrogen) atoms. The summed E-state index contributed by atoms with van der Waals surface area (Å²) in [7, 11) is 0. The lowest BCUT2D eigenvalue weighted by Gasteiger charge is -2.06. The van der Waals surface area contributed by atoms with Crippen LogP contribution in [-0.4, -0.2) is 16.2 Å². The summed E-state index contributed by atoms with van der Waals surface area (Å²) in [5.41, 5.74) is 3.68. The first-order chi connectivity index (χ1) is 12.6. The molecule has 3 rings (SSSR count). The Balaban J connectivity index is 1.91. The maximum atomic E-state index is 12.2. The minimum absolute atomic E-state index is 0.0837. The highest BCUT2D eigenvalue weighted by Crippen LogP contribution is 2.22. The average molecular weight is 384 g/mol. The van der Waals surface area contributed by atoms with Crippen LogP contribution in [0.3, 0.4) is 0 Å². The van der Waals surface area contributed by atoms with Gasteiger partial charge in [-0.1, -0.05) is 47.5 Å². The van der Waals surface area contributed by atoms with Gasteiger partial charge in [0.2, 0.25) is 5.95 Å². The van der Waals surface area contributed by atoms with E-state index in [-0.39, 0.29) is 17.2 Å². The van der Waals surface area contributed by atoms with Crippen LogP contribution in [0.25, 0.3) is 11.3 Å². The lowest BCUT2D eigenvalue weighted by molar-refractivity contribution is 1.08. The van der Waals surface area contributed by atoms with Crippen molar-refractivity contribution in [1.29, 1.82) is 5.26 Å². The summed E-state index contributed by atoms with van der Waals surface area (Å²) in [5.74, 6) is 0.115. The Morgan fingerprint density at radius 3 is 2.31 bits per heavy atom. The largest absolute Gasteiger partial charge is 0.290 e. The third kappa shape index (κ3) is 4.09. The Kier molecular flexibility index (Phi) is 5.32. The highest BCUT2D eigenvalue weighted by atomic mass is 35.5. The molecule has 0 atom stereocenters. The normalized spacial score (nSPS) is 10.7. The number of aromatic nitrogens is 2. The fourth-order valence-corrected chi connectivity index (χ4v) is 2.42. The number of H-pyrrole nitrogens is 1. The zero-order chi connectivity index (χ0) is 18.5. The van der Waals surface area contributed by atoms with Crippen molar-refractivity contribution < 1.29 is 0 Å². The number of aromatic amines is 1. The molecule has 8 heteroatoms. The van der Waals surface area contributed by atoms with Crippen molar-refractivity contribution >= 4 is 35.4 Å². The van der Waals surface area contributed by atoms with E-state index in [1.165, 1.54) is 0 Å². The van der Waals surface area contributed by atoms with Crippen LogP contribution in [0.2, 0.25) is 10.0 Å². The molecule has 0 saturated carbocycles. The second-order valence-electron chi connectivity index (χ2n) is 5.18. The molecule has 0 spiro atoms. The SMILES string of the molecule is N#Cc1c(-c2ccc(Cl)cc2)nc(NN=Cc2ccc(Cl)cc2)[nH]c1=O. The highest BCUT2D eigenvalue weighted by molar-refractivity contribution is 6.30. The summed E-state index contributed by atoms with van der Waals surface area (Å²) in [4.78, 5) is 18.9. The number of nitriles is 1. The number of hydrazone groups is 1. The molecule has 2 N–H and O–H groups in total. The van der Waals surface area contributed by atoms with Crippen molar-refractivity contribution in [1.82, 2.24) is 9.97 Å². The van der Waals surface area contributed by atoms with Crippen LogP contribution < -0.4 is 11.0 Å². The van der Waals surface area contributed by atoms with Crippen LogP contribution in [0.1, 0.15) is 11.1 Å². The van der Waals surface area contributed by atoms with Crippen LogP contribution in [0.4, 0.5) is 5.95 Å². The summed E-state index contributed by atoms with van der Waals surface area (Å²) < 4.78 is 0. The summed E-state index contributed by atoms with van der Waals surface area (Å²) in [6, 6.07) is 15.6. The average Bonchev–Trinajstić information content (AvgIpc) is 2.63. The molecule has 0 amide bonds. The van der Waals surface area contributed by atoms with Crippen molar-refractivity contribution in [3.05, 3.63) is 80.1 Å². The molecular formula is C18H11Cl2N5O. The van der Waals surface area contributed by atoms with Crippen molar-refractivity contribution in [2.45, 2.75) is 0 Å². The number of nitrogens with one attached hydrogen (secondary N) is 2. The van der Waals surface area contributed by atoms with Crippen LogP contribution >= 0.6 is 23.2 Å². The van der Waals surface area contributed by atoms with E-state index in [0.717, 1.165) is 5.56 Å². The van der Waals surface area contributed by atoms with Gasteiger partial charge in [0.05, 0.1) is 11.9 Å². The van der Waals surface area contributed by atoms with E-state index in [9.17, 15) is 10.1 Å². The monoisotopic (exact) mass is 383 g/mol. The van der Waals surface area contributed by atoms with E-state index in [0.29, 0.717) is 15.6 Å². The molecule has 0 bridgehead atoms. The lowest BCUT2D eigenvalue weighted by atomic mass is 10.1. The third-order valence-corrected chi connectivity index (χ3v) is 3.91. The number of anilines is 1. The summed E-state index contributed by atoms with van der Waals surface area (Å²) in [6.07, 6.45) is 1.55. The molecule has 0 radical (unpaired) electrons. The molecule has 128 valence electrons. The molecule has 0 saturated heterocycles. The van der Waals surface area contributed by atoms with Crippen LogP contribution in [0, 0.1) is 11.3 Å². The summed E-state index contributed by atoms with van der Waals surface area (Å²) in [5, 5.41) is 14.5. The van der Waals surface area contributed by atoms with Gasteiger partial charge in [0.15, 0.2) is 0 Å². The van der Waals surface area contributed by atoms with E-state index in [1.54, 1.807) is 54.7 Å². The molecule has 0 aliphatic rings. The second-order valence-corrected chi connectivity index (χ2v) is 6.05. The fourth-order valence-electron chi connectivity index (χ4n) is 2.16. The quantitative estimate of drug-likeness (QED) is 0.524. The van der Waals surface area contributed by atoms with E-state index >= 15 is 0 Å². The van der Waals surface area contributed by atoms with Gasteiger partial charge in [-0.15, -0.1) is 0 Å². The van der Waals surface area contributed by atoms with Gasteiger partial charge in [0, 0.05) is 15.6 Å². The molecule has 0 aliphatic heterocycles. The Hall–Kier alpha value is -3.14. The zero-order valence-electron chi connectivity index (χ0n) is 13.2. The Morgan fingerprint density at radius 2 is 1.69 bits per heavy atom. The van der Waals surface area contributed by atoms with Gasteiger partial charge < -0.3 is 0 Å². The molecule has 1 aromatic heterocycles. The topological polar surface area (TPSA) is 93.9 Å². The van der Waals surface area contributed by atoms with Gasteiger partial charge in [-0.05, 0) is 29.8 Å². The summed E-state index contributed by atoms with van der Waals surface area (Å²) in [6.45, 7) is 0. The first-order valence-corrected chi connectivity index (χ1v) is 8.17. The van der Waals surface area contributed by atoms with Crippen molar-refractivity contribution in [3.8, 4) is 17.3 Å². The number of benzene rings is 2. The molecule has 0 unspecified atom stereocenters. The molecule has 6 nitrogen and oxygen atoms in total. The zero-order valence-corrected chi connectivity index (χ0v) is 14.7. The molecule has 0 aliphatic carbocycles. The predicted molar refractivity (Wildman–Crippen MR) is 103 cm³/mol. The number of rotatable bonds is 4. The Morgan fingerprint density at radius 1 is 1.08 bits per heavy atom. The summed E-state index contributed by atoms with van der Waals surface area (Å²) >= 11 is 11.7. The standard InChI is InChI=1S/C18H11Cl2N5O/c19-13-5-1-11(2-6-13)10-22-25-18-23-16(15(9-21)17(26)24-18)12-3-7-14(20)8-4-12/h1-8,10H,(H2,23,24,25,26).